The van der Waals surface area contributed by atoms with Crippen molar-refractivity contribution in [2.75, 3.05) is 6.54 Å². The molecule has 1 fully saturated rings. The van der Waals surface area contributed by atoms with E-state index >= 15 is 0 Å². The van der Waals surface area contributed by atoms with Gasteiger partial charge in [-0.05, 0) is 58.6 Å². The Labute approximate surface area is 159 Å². The SMILES string of the molecule is CC(C)N(CCC(CC1CCCCC1)(C(N)=O)c1ccccn1)C(C)C. The van der Waals surface area contributed by atoms with Gasteiger partial charge in [0.25, 0.3) is 0 Å². The highest BCUT2D eigenvalue weighted by molar-refractivity contribution is 5.86. The number of nitrogens with zero attached hydrogens (tertiary/aromatic N) is 2. The van der Waals surface area contributed by atoms with Crippen LogP contribution in [0.2, 0.25) is 0 Å². The Bertz CT molecular complexity index is 544. The lowest BCUT2D eigenvalue weighted by Gasteiger charge is -2.38. The average molecular weight is 360 g/mol. The fraction of sp³-hybridized carbons (Fsp3) is 0.727. The maximum Gasteiger partial charge on any atom is 0.229 e. The molecule has 1 aliphatic rings. The van der Waals surface area contributed by atoms with E-state index < -0.39 is 5.41 Å². The molecule has 2 rings (SSSR count). The summed E-state index contributed by atoms with van der Waals surface area (Å²) in [4.78, 5) is 19.8. The molecule has 1 atom stereocenters. The van der Waals surface area contributed by atoms with Crippen molar-refractivity contribution in [3.63, 3.8) is 0 Å². The third kappa shape index (κ3) is 5.06. The minimum atomic E-state index is -0.661. The summed E-state index contributed by atoms with van der Waals surface area (Å²) in [5.41, 5.74) is 6.25. The van der Waals surface area contributed by atoms with Gasteiger partial charge in [-0.1, -0.05) is 38.2 Å². The van der Waals surface area contributed by atoms with Crippen LogP contribution in [0.15, 0.2) is 24.4 Å². The first-order chi connectivity index (χ1) is 12.4. The van der Waals surface area contributed by atoms with Crippen LogP contribution in [0.5, 0.6) is 0 Å². The van der Waals surface area contributed by atoms with Gasteiger partial charge >= 0.3 is 0 Å². The molecular formula is C22H37N3O. The first kappa shape index (κ1) is 20.9. The van der Waals surface area contributed by atoms with E-state index in [0.717, 1.165) is 25.1 Å². The number of aromatic nitrogens is 1. The minimum Gasteiger partial charge on any atom is -0.369 e. The lowest BCUT2D eigenvalue weighted by atomic mass is 9.69. The number of carbonyl (C=O) groups is 1. The van der Waals surface area contributed by atoms with Crippen LogP contribution < -0.4 is 5.73 Å². The zero-order valence-corrected chi connectivity index (χ0v) is 17.1. The van der Waals surface area contributed by atoms with Gasteiger partial charge in [-0.25, -0.2) is 0 Å². The highest BCUT2D eigenvalue weighted by Crippen LogP contribution is 2.39. The Morgan fingerprint density at radius 1 is 1.19 bits per heavy atom. The van der Waals surface area contributed by atoms with Crippen molar-refractivity contribution in [1.82, 2.24) is 9.88 Å². The van der Waals surface area contributed by atoms with Crippen LogP contribution >= 0.6 is 0 Å². The average Bonchev–Trinajstić information content (AvgIpc) is 2.61. The maximum atomic E-state index is 12.8. The predicted octanol–water partition coefficient (Wildman–Crippen LogP) is 4.28. The third-order valence-corrected chi connectivity index (χ3v) is 6.11. The van der Waals surface area contributed by atoms with Gasteiger partial charge in [0.15, 0.2) is 0 Å². The molecule has 0 saturated heterocycles. The topological polar surface area (TPSA) is 59.2 Å². The second-order valence-electron chi connectivity index (χ2n) is 8.54. The Morgan fingerprint density at radius 2 is 1.85 bits per heavy atom. The van der Waals surface area contributed by atoms with E-state index in [-0.39, 0.29) is 5.91 Å². The molecule has 1 aliphatic carbocycles. The fourth-order valence-electron chi connectivity index (χ4n) is 4.65. The number of pyridine rings is 1. The third-order valence-electron chi connectivity index (χ3n) is 6.11. The molecule has 4 nitrogen and oxygen atoms in total. The molecule has 0 radical (unpaired) electrons. The molecule has 1 heterocycles. The normalized spacial score (nSPS) is 18.4. The number of primary amides is 1. The molecule has 0 aromatic carbocycles. The number of hydrogen-bond acceptors (Lipinski definition) is 3. The van der Waals surface area contributed by atoms with Crippen molar-refractivity contribution in [1.29, 1.82) is 0 Å². The van der Waals surface area contributed by atoms with E-state index in [9.17, 15) is 4.79 Å². The van der Waals surface area contributed by atoms with E-state index in [0.29, 0.717) is 18.0 Å². The van der Waals surface area contributed by atoms with E-state index in [4.69, 9.17) is 5.73 Å². The Hall–Kier alpha value is -1.42. The van der Waals surface area contributed by atoms with Gasteiger partial charge in [-0.15, -0.1) is 0 Å². The lowest BCUT2D eigenvalue weighted by Crippen LogP contribution is -2.48. The Kier molecular flexibility index (Phi) is 7.63. The van der Waals surface area contributed by atoms with Crippen molar-refractivity contribution in [2.45, 2.75) is 90.1 Å². The van der Waals surface area contributed by atoms with Crippen molar-refractivity contribution in [3.8, 4) is 0 Å². The first-order valence-electron chi connectivity index (χ1n) is 10.3. The fourth-order valence-corrected chi connectivity index (χ4v) is 4.65. The van der Waals surface area contributed by atoms with Crippen LogP contribution in [0, 0.1) is 5.92 Å². The second-order valence-corrected chi connectivity index (χ2v) is 8.54. The summed E-state index contributed by atoms with van der Waals surface area (Å²) in [6, 6.07) is 6.76. The van der Waals surface area contributed by atoms with Gasteiger partial charge in [-0.2, -0.15) is 0 Å². The molecule has 0 aliphatic heterocycles. The molecule has 4 heteroatoms. The highest BCUT2D eigenvalue weighted by atomic mass is 16.1. The minimum absolute atomic E-state index is 0.214. The van der Waals surface area contributed by atoms with Gasteiger partial charge in [0.05, 0.1) is 11.1 Å². The van der Waals surface area contributed by atoms with Crippen molar-refractivity contribution >= 4 is 5.91 Å². The summed E-state index contributed by atoms with van der Waals surface area (Å²) >= 11 is 0. The predicted molar refractivity (Wildman–Crippen MR) is 108 cm³/mol. The van der Waals surface area contributed by atoms with E-state index in [1.54, 1.807) is 6.20 Å². The number of nitrogens with two attached hydrogens (primary N) is 1. The van der Waals surface area contributed by atoms with Crippen molar-refractivity contribution < 1.29 is 4.79 Å². The summed E-state index contributed by atoms with van der Waals surface area (Å²) in [5.74, 6) is 0.360. The van der Waals surface area contributed by atoms with Crippen molar-refractivity contribution in [3.05, 3.63) is 30.1 Å². The summed E-state index contributed by atoms with van der Waals surface area (Å²) < 4.78 is 0. The molecule has 146 valence electrons. The Morgan fingerprint density at radius 3 is 2.35 bits per heavy atom. The zero-order chi connectivity index (χ0) is 19.2. The van der Waals surface area contributed by atoms with Gasteiger partial charge < -0.3 is 5.73 Å². The molecule has 26 heavy (non-hydrogen) atoms. The van der Waals surface area contributed by atoms with E-state index in [2.05, 4.69) is 37.6 Å². The van der Waals surface area contributed by atoms with Crippen LogP contribution in [0.3, 0.4) is 0 Å². The monoisotopic (exact) mass is 359 g/mol. The van der Waals surface area contributed by atoms with Crippen LogP contribution in [0.25, 0.3) is 0 Å². The van der Waals surface area contributed by atoms with Crippen LogP contribution in [-0.2, 0) is 10.2 Å². The van der Waals surface area contributed by atoms with Crippen LogP contribution in [0.4, 0.5) is 0 Å². The number of carbonyl (C=O) groups excluding carboxylic acids is 1. The van der Waals surface area contributed by atoms with Gasteiger partial charge in [0, 0.05) is 24.8 Å². The maximum absolute atomic E-state index is 12.8. The lowest BCUT2D eigenvalue weighted by molar-refractivity contribution is -0.125. The molecule has 0 bridgehead atoms. The van der Waals surface area contributed by atoms with E-state index in [1.807, 2.05) is 18.2 Å². The molecule has 2 N–H and O–H groups in total. The number of hydrogen-bond donors (Lipinski definition) is 1. The van der Waals surface area contributed by atoms with Crippen LogP contribution in [0.1, 0.15) is 78.3 Å². The number of amides is 1. The summed E-state index contributed by atoms with van der Waals surface area (Å²) in [6.07, 6.45) is 9.64. The molecule has 1 saturated carbocycles. The second kappa shape index (κ2) is 9.50. The molecule has 0 spiro atoms. The van der Waals surface area contributed by atoms with Gasteiger partial charge in [-0.3, -0.25) is 14.7 Å². The summed E-state index contributed by atoms with van der Waals surface area (Å²) in [5, 5.41) is 0. The van der Waals surface area contributed by atoms with Gasteiger partial charge in [0.2, 0.25) is 5.91 Å². The molecule has 1 unspecified atom stereocenters. The zero-order valence-electron chi connectivity index (χ0n) is 17.1. The summed E-state index contributed by atoms with van der Waals surface area (Å²) in [6.45, 7) is 9.73. The first-order valence-corrected chi connectivity index (χ1v) is 10.3. The van der Waals surface area contributed by atoms with Crippen LogP contribution in [-0.4, -0.2) is 34.4 Å². The van der Waals surface area contributed by atoms with Crippen molar-refractivity contribution in [2.24, 2.45) is 11.7 Å². The standard InChI is InChI=1S/C22H37N3O/c1-17(2)25(18(3)4)15-13-22(21(23)26,20-12-8-9-14-24-20)16-19-10-6-5-7-11-19/h8-9,12,14,17-19H,5-7,10-11,13,15-16H2,1-4H3,(H2,23,26). The quantitative estimate of drug-likeness (QED) is 0.716. The molecule has 1 aromatic heterocycles. The van der Waals surface area contributed by atoms with E-state index in [1.165, 1.54) is 32.1 Å². The number of rotatable bonds is 9. The largest absolute Gasteiger partial charge is 0.369 e. The smallest absolute Gasteiger partial charge is 0.229 e. The molecule has 1 amide bonds. The van der Waals surface area contributed by atoms with Gasteiger partial charge in [0.1, 0.15) is 0 Å². The Balaban J connectivity index is 2.30. The molecular weight excluding hydrogens is 322 g/mol. The summed E-state index contributed by atoms with van der Waals surface area (Å²) in [7, 11) is 0. The molecule has 1 aromatic rings. The highest BCUT2D eigenvalue weighted by Gasteiger charge is 2.42.